The van der Waals surface area contributed by atoms with Crippen LogP contribution < -0.4 is 5.30 Å². The van der Waals surface area contributed by atoms with Gasteiger partial charge in [-0.1, -0.05) is 0 Å². The molecule has 3 heteroatoms. The minimum absolute atomic E-state index is 0.149. The molecule has 0 aliphatic carbocycles. The van der Waals surface area contributed by atoms with Crippen molar-refractivity contribution in [2.75, 3.05) is 13.3 Å². The lowest BCUT2D eigenvalue weighted by atomic mass is 10.1. The molecular formula is C10H15O2P. The van der Waals surface area contributed by atoms with Crippen molar-refractivity contribution in [3.05, 3.63) is 23.3 Å². The molecule has 0 saturated carbocycles. The van der Waals surface area contributed by atoms with Gasteiger partial charge in [0.1, 0.15) is 12.9 Å². The molecule has 0 aliphatic rings. The standard InChI is InChI=1S/C10H15O2P/c1-7-5-9(11)10(6-8(7)2)13(3,4)12/h5-6,11H,1-4H3. The number of rotatable bonds is 1. The third-order valence-electron chi connectivity index (χ3n) is 2.17. The number of phenolic OH excluding ortho intramolecular Hbond substituents is 1. The molecule has 0 amide bonds. The van der Waals surface area contributed by atoms with Crippen molar-refractivity contribution in [3.8, 4) is 5.75 Å². The molecule has 0 aliphatic heterocycles. The van der Waals surface area contributed by atoms with E-state index in [9.17, 15) is 9.67 Å². The van der Waals surface area contributed by atoms with E-state index in [0.29, 0.717) is 5.30 Å². The fraction of sp³-hybridized carbons (Fsp3) is 0.400. The van der Waals surface area contributed by atoms with Gasteiger partial charge in [-0.15, -0.1) is 0 Å². The predicted molar refractivity (Wildman–Crippen MR) is 56.7 cm³/mol. The first-order chi connectivity index (χ1) is 5.82. The van der Waals surface area contributed by atoms with E-state index in [2.05, 4.69) is 0 Å². The summed E-state index contributed by atoms with van der Waals surface area (Å²) < 4.78 is 11.7. The Kier molecular flexibility index (Phi) is 2.53. The molecule has 0 heterocycles. The zero-order chi connectivity index (χ0) is 10.2. The molecule has 1 aromatic rings. The van der Waals surface area contributed by atoms with Crippen LogP contribution in [-0.4, -0.2) is 18.4 Å². The molecule has 0 aromatic heterocycles. The van der Waals surface area contributed by atoms with E-state index < -0.39 is 7.14 Å². The molecule has 1 aromatic carbocycles. The lowest BCUT2D eigenvalue weighted by molar-refractivity contribution is 0.478. The van der Waals surface area contributed by atoms with Crippen molar-refractivity contribution < 1.29 is 9.67 Å². The molecule has 0 spiro atoms. The van der Waals surface area contributed by atoms with Crippen LogP contribution in [0.1, 0.15) is 11.1 Å². The predicted octanol–water partition coefficient (Wildman–Crippen LogP) is 2.26. The Morgan fingerprint density at radius 3 is 2.08 bits per heavy atom. The Morgan fingerprint density at radius 2 is 1.62 bits per heavy atom. The average Bonchev–Trinajstić information content (AvgIpc) is 1.94. The Bertz CT molecular complexity index is 377. The Morgan fingerprint density at radius 1 is 1.15 bits per heavy atom. The number of aromatic hydroxyl groups is 1. The average molecular weight is 198 g/mol. The second-order valence-electron chi connectivity index (χ2n) is 3.78. The summed E-state index contributed by atoms with van der Waals surface area (Å²) in [5.41, 5.74) is 2.09. The van der Waals surface area contributed by atoms with Gasteiger partial charge in [-0.2, -0.15) is 0 Å². The monoisotopic (exact) mass is 198 g/mol. The van der Waals surface area contributed by atoms with Gasteiger partial charge in [-0.3, -0.25) is 0 Å². The van der Waals surface area contributed by atoms with Gasteiger partial charge >= 0.3 is 0 Å². The summed E-state index contributed by atoms with van der Waals surface area (Å²) in [4.78, 5) is 0. The highest BCUT2D eigenvalue weighted by Crippen LogP contribution is 2.38. The van der Waals surface area contributed by atoms with Crippen LogP contribution in [0.15, 0.2) is 12.1 Å². The van der Waals surface area contributed by atoms with Crippen LogP contribution in [-0.2, 0) is 4.57 Å². The first-order valence-corrected chi connectivity index (χ1v) is 6.78. The highest BCUT2D eigenvalue weighted by atomic mass is 31.2. The Labute approximate surface area is 79.0 Å². The van der Waals surface area contributed by atoms with E-state index in [1.807, 2.05) is 19.9 Å². The van der Waals surface area contributed by atoms with Gasteiger partial charge in [-0.25, -0.2) is 0 Å². The SMILES string of the molecule is Cc1cc(O)c(P(C)(C)=O)cc1C. The summed E-state index contributed by atoms with van der Waals surface area (Å²) in [7, 11) is -2.35. The zero-order valence-corrected chi connectivity index (χ0v) is 9.35. The van der Waals surface area contributed by atoms with Crippen LogP contribution in [0.2, 0.25) is 0 Å². The molecule has 1 N–H and O–H groups in total. The first kappa shape index (κ1) is 10.3. The third-order valence-corrected chi connectivity index (χ3v) is 3.69. The van der Waals surface area contributed by atoms with Crippen LogP contribution >= 0.6 is 7.14 Å². The van der Waals surface area contributed by atoms with E-state index in [0.717, 1.165) is 11.1 Å². The maximum atomic E-state index is 11.7. The molecule has 2 nitrogen and oxygen atoms in total. The van der Waals surface area contributed by atoms with E-state index in [4.69, 9.17) is 0 Å². The molecule has 1 rings (SSSR count). The lowest BCUT2D eigenvalue weighted by Crippen LogP contribution is -2.05. The van der Waals surface area contributed by atoms with E-state index in [-0.39, 0.29) is 5.75 Å². The molecule has 13 heavy (non-hydrogen) atoms. The quantitative estimate of drug-likeness (QED) is 0.703. The summed E-state index contributed by atoms with van der Waals surface area (Å²) in [6.07, 6.45) is 0. The minimum atomic E-state index is -2.35. The molecule has 72 valence electrons. The Hall–Kier alpha value is -0.750. The number of hydrogen-bond donors (Lipinski definition) is 1. The molecule has 0 bridgehead atoms. The third kappa shape index (κ3) is 2.13. The van der Waals surface area contributed by atoms with Gasteiger partial charge in [-0.05, 0) is 50.4 Å². The van der Waals surface area contributed by atoms with Gasteiger partial charge in [0.15, 0.2) is 0 Å². The summed E-state index contributed by atoms with van der Waals surface area (Å²) in [5, 5.41) is 10.2. The largest absolute Gasteiger partial charge is 0.507 e. The van der Waals surface area contributed by atoms with Gasteiger partial charge in [0.25, 0.3) is 0 Å². The second kappa shape index (κ2) is 3.19. The Balaban J connectivity index is 3.41. The fourth-order valence-corrected chi connectivity index (χ4v) is 2.34. The van der Waals surface area contributed by atoms with E-state index >= 15 is 0 Å². The highest BCUT2D eigenvalue weighted by Gasteiger charge is 2.16. The van der Waals surface area contributed by atoms with Crippen molar-refractivity contribution in [2.45, 2.75) is 13.8 Å². The zero-order valence-electron chi connectivity index (χ0n) is 8.46. The van der Waals surface area contributed by atoms with Gasteiger partial charge in [0.2, 0.25) is 0 Å². The van der Waals surface area contributed by atoms with Gasteiger partial charge in [0, 0.05) is 0 Å². The number of aryl methyl sites for hydroxylation is 2. The van der Waals surface area contributed by atoms with Crippen LogP contribution in [0.4, 0.5) is 0 Å². The number of benzene rings is 1. The van der Waals surface area contributed by atoms with Crippen molar-refractivity contribution in [1.82, 2.24) is 0 Å². The van der Waals surface area contributed by atoms with E-state index in [1.165, 1.54) is 0 Å². The molecule has 0 atom stereocenters. The van der Waals surface area contributed by atoms with Crippen LogP contribution in [0, 0.1) is 13.8 Å². The van der Waals surface area contributed by atoms with Crippen molar-refractivity contribution in [1.29, 1.82) is 0 Å². The lowest BCUT2D eigenvalue weighted by Gasteiger charge is -2.11. The molecular weight excluding hydrogens is 183 g/mol. The van der Waals surface area contributed by atoms with Crippen LogP contribution in [0.25, 0.3) is 0 Å². The summed E-state index contributed by atoms with van der Waals surface area (Å²) >= 11 is 0. The minimum Gasteiger partial charge on any atom is -0.507 e. The van der Waals surface area contributed by atoms with Crippen LogP contribution in [0.5, 0.6) is 5.75 Å². The summed E-state index contributed by atoms with van der Waals surface area (Å²) in [6.45, 7) is 7.21. The van der Waals surface area contributed by atoms with Gasteiger partial charge in [0.05, 0.1) is 5.30 Å². The highest BCUT2D eigenvalue weighted by molar-refractivity contribution is 7.70. The number of phenols is 1. The number of hydrogen-bond acceptors (Lipinski definition) is 2. The fourth-order valence-electron chi connectivity index (χ4n) is 1.22. The molecule has 0 saturated heterocycles. The van der Waals surface area contributed by atoms with Crippen LogP contribution in [0.3, 0.4) is 0 Å². The van der Waals surface area contributed by atoms with Gasteiger partial charge < -0.3 is 9.67 Å². The molecule has 0 unspecified atom stereocenters. The maximum absolute atomic E-state index is 11.7. The normalized spacial score (nSPS) is 11.7. The topological polar surface area (TPSA) is 37.3 Å². The van der Waals surface area contributed by atoms with Crippen molar-refractivity contribution in [3.63, 3.8) is 0 Å². The maximum Gasteiger partial charge on any atom is 0.126 e. The molecule has 0 fully saturated rings. The van der Waals surface area contributed by atoms with E-state index in [1.54, 1.807) is 19.4 Å². The summed E-state index contributed by atoms with van der Waals surface area (Å²) in [5.74, 6) is 0.149. The summed E-state index contributed by atoms with van der Waals surface area (Å²) in [6, 6.07) is 3.48. The molecule has 0 radical (unpaired) electrons. The van der Waals surface area contributed by atoms with Crippen molar-refractivity contribution >= 4 is 12.4 Å². The first-order valence-electron chi connectivity index (χ1n) is 4.18. The second-order valence-corrected chi connectivity index (χ2v) is 6.96. The smallest absolute Gasteiger partial charge is 0.126 e. The van der Waals surface area contributed by atoms with Crippen molar-refractivity contribution in [2.24, 2.45) is 0 Å².